The molecule has 1 aromatic carbocycles. The smallest absolute Gasteiger partial charge is 0.225 e. The molecule has 0 radical (unpaired) electrons. The molecule has 30 heavy (non-hydrogen) atoms. The fourth-order valence-corrected chi connectivity index (χ4v) is 4.68. The molecule has 0 atom stereocenters. The van der Waals surface area contributed by atoms with Crippen molar-refractivity contribution in [2.24, 2.45) is 0 Å². The number of piperazine rings is 1. The van der Waals surface area contributed by atoms with Crippen LogP contribution in [-0.4, -0.2) is 46.3 Å². The third kappa shape index (κ3) is 3.99. The maximum Gasteiger partial charge on any atom is 0.225 e. The molecule has 5 rings (SSSR count). The molecule has 0 spiro atoms. The summed E-state index contributed by atoms with van der Waals surface area (Å²) in [5.41, 5.74) is 3.50. The second kappa shape index (κ2) is 8.78. The van der Waals surface area contributed by atoms with E-state index in [1.54, 1.807) is 0 Å². The minimum atomic E-state index is 0.585. The molecule has 0 amide bonds. The Morgan fingerprint density at radius 2 is 1.43 bits per heavy atom. The van der Waals surface area contributed by atoms with Gasteiger partial charge in [-0.25, -0.2) is 9.97 Å². The first kappa shape index (κ1) is 19.0. The lowest BCUT2D eigenvalue weighted by atomic mass is 9.83. The monoisotopic (exact) mass is 400 g/mol. The average molecular weight is 401 g/mol. The van der Waals surface area contributed by atoms with Crippen LogP contribution in [0.15, 0.2) is 54.9 Å². The van der Waals surface area contributed by atoms with E-state index < -0.39 is 0 Å². The van der Waals surface area contributed by atoms with Gasteiger partial charge in [-0.05, 0) is 30.9 Å². The van der Waals surface area contributed by atoms with E-state index >= 15 is 0 Å². The maximum atomic E-state index is 4.78. The molecule has 6 heteroatoms. The standard InChI is InChI=1S/C24H28N6/c1-3-8-19(9-4-1)21-18-22(20-10-5-2-6-11-20)27-28-23(21)29-14-16-30(17-15-29)24-25-12-7-13-26-24/h2,5-7,10-13,18-19H,1,3-4,8-9,14-17H2. The highest BCUT2D eigenvalue weighted by Gasteiger charge is 2.26. The Labute approximate surface area is 178 Å². The second-order valence-corrected chi connectivity index (χ2v) is 8.23. The fraction of sp³-hybridized carbons (Fsp3) is 0.417. The van der Waals surface area contributed by atoms with Crippen molar-refractivity contribution in [3.05, 3.63) is 60.4 Å². The molecule has 0 bridgehead atoms. The van der Waals surface area contributed by atoms with Gasteiger partial charge in [-0.2, -0.15) is 0 Å². The summed E-state index contributed by atoms with van der Waals surface area (Å²) in [5.74, 6) is 2.48. The van der Waals surface area contributed by atoms with Gasteiger partial charge in [0.2, 0.25) is 5.95 Å². The zero-order chi connectivity index (χ0) is 20.2. The summed E-state index contributed by atoms with van der Waals surface area (Å²) < 4.78 is 0. The first-order chi connectivity index (χ1) is 14.9. The number of rotatable bonds is 4. The van der Waals surface area contributed by atoms with Gasteiger partial charge >= 0.3 is 0 Å². The number of hydrogen-bond acceptors (Lipinski definition) is 6. The molecular weight excluding hydrogens is 372 g/mol. The van der Waals surface area contributed by atoms with Crippen molar-refractivity contribution in [3.63, 3.8) is 0 Å². The Morgan fingerprint density at radius 3 is 2.17 bits per heavy atom. The van der Waals surface area contributed by atoms with Crippen LogP contribution >= 0.6 is 0 Å². The van der Waals surface area contributed by atoms with Crippen molar-refractivity contribution in [2.45, 2.75) is 38.0 Å². The largest absolute Gasteiger partial charge is 0.351 e. The molecule has 1 saturated heterocycles. The first-order valence-corrected chi connectivity index (χ1v) is 11.1. The number of benzene rings is 1. The van der Waals surface area contributed by atoms with Crippen LogP contribution in [0.3, 0.4) is 0 Å². The fourth-order valence-electron chi connectivity index (χ4n) is 4.68. The van der Waals surface area contributed by atoms with E-state index in [4.69, 9.17) is 5.10 Å². The maximum absolute atomic E-state index is 4.78. The number of hydrogen-bond donors (Lipinski definition) is 0. The lowest BCUT2D eigenvalue weighted by molar-refractivity contribution is 0.441. The summed E-state index contributed by atoms with van der Waals surface area (Å²) in [4.78, 5) is 13.5. The molecule has 154 valence electrons. The van der Waals surface area contributed by atoms with Crippen molar-refractivity contribution in [1.82, 2.24) is 20.2 Å². The molecule has 0 N–H and O–H groups in total. The molecule has 2 fully saturated rings. The number of anilines is 2. The number of aromatic nitrogens is 4. The minimum Gasteiger partial charge on any atom is -0.351 e. The molecule has 2 aliphatic rings. The van der Waals surface area contributed by atoms with E-state index in [2.05, 4.69) is 55.2 Å². The highest BCUT2D eigenvalue weighted by molar-refractivity contribution is 5.63. The normalized spacial score (nSPS) is 17.9. The van der Waals surface area contributed by atoms with Crippen molar-refractivity contribution >= 4 is 11.8 Å². The van der Waals surface area contributed by atoms with Crippen molar-refractivity contribution in [2.75, 3.05) is 36.0 Å². The van der Waals surface area contributed by atoms with Crippen molar-refractivity contribution < 1.29 is 0 Å². The summed E-state index contributed by atoms with van der Waals surface area (Å²) in [5, 5.41) is 9.40. The van der Waals surface area contributed by atoms with Crippen LogP contribution in [0.5, 0.6) is 0 Å². The quantitative estimate of drug-likeness (QED) is 0.650. The van der Waals surface area contributed by atoms with Gasteiger partial charge in [0.1, 0.15) is 0 Å². The van der Waals surface area contributed by atoms with Crippen LogP contribution in [0.2, 0.25) is 0 Å². The zero-order valence-corrected chi connectivity index (χ0v) is 17.3. The van der Waals surface area contributed by atoms with Crippen LogP contribution in [0.4, 0.5) is 11.8 Å². The van der Waals surface area contributed by atoms with Gasteiger partial charge in [0, 0.05) is 49.7 Å². The summed E-state index contributed by atoms with van der Waals surface area (Å²) in [6.07, 6.45) is 10.1. The van der Waals surface area contributed by atoms with Crippen LogP contribution < -0.4 is 9.80 Å². The Balaban J connectivity index is 1.41. The molecule has 1 aliphatic carbocycles. The van der Waals surface area contributed by atoms with E-state index in [1.807, 2.05) is 24.5 Å². The van der Waals surface area contributed by atoms with Gasteiger partial charge in [0.25, 0.3) is 0 Å². The average Bonchev–Trinajstić information content (AvgIpc) is 2.85. The zero-order valence-electron chi connectivity index (χ0n) is 17.3. The third-order valence-electron chi connectivity index (χ3n) is 6.33. The van der Waals surface area contributed by atoms with Gasteiger partial charge in [-0.1, -0.05) is 49.6 Å². The van der Waals surface area contributed by atoms with Gasteiger partial charge < -0.3 is 9.80 Å². The predicted octanol–water partition coefficient (Wildman–Crippen LogP) is 4.31. The van der Waals surface area contributed by atoms with Crippen LogP contribution in [0, 0.1) is 0 Å². The van der Waals surface area contributed by atoms with E-state index in [9.17, 15) is 0 Å². The molecule has 3 heterocycles. The van der Waals surface area contributed by atoms with Crippen LogP contribution in [-0.2, 0) is 0 Å². The predicted molar refractivity (Wildman–Crippen MR) is 120 cm³/mol. The molecular formula is C24H28N6. The summed E-state index contributed by atoms with van der Waals surface area (Å²) >= 11 is 0. The lowest BCUT2D eigenvalue weighted by Crippen LogP contribution is -2.47. The van der Waals surface area contributed by atoms with E-state index in [0.717, 1.165) is 49.2 Å². The molecule has 0 unspecified atom stereocenters. The van der Waals surface area contributed by atoms with E-state index in [1.165, 1.54) is 37.7 Å². The lowest BCUT2D eigenvalue weighted by Gasteiger charge is -2.37. The Kier molecular flexibility index (Phi) is 5.55. The molecule has 2 aromatic heterocycles. The van der Waals surface area contributed by atoms with Crippen molar-refractivity contribution in [3.8, 4) is 11.3 Å². The summed E-state index contributed by atoms with van der Waals surface area (Å²) in [6, 6.07) is 14.6. The molecule has 3 aromatic rings. The SMILES string of the molecule is c1ccc(-c2cc(C3CCCCC3)c(N3CCN(c4ncccn4)CC3)nn2)cc1. The van der Waals surface area contributed by atoms with Gasteiger partial charge in [-0.3, -0.25) is 0 Å². The number of nitrogens with zero attached hydrogens (tertiary/aromatic N) is 6. The van der Waals surface area contributed by atoms with Crippen LogP contribution in [0.1, 0.15) is 43.6 Å². The third-order valence-corrected chi connectivity index (χ3v) is 6.33. The summed E-state index contributed by atoms with van der Waals surface area (Å²) in [6.45, 7) is 3.63. The Hall–Kier alpha value is -3.02. The highest BCUT2D eigenvalue weighted by atomic mass is 15.3. The highest BCUT2D eigenvalue weighted by Crippen LogP contribution is 2.38. The van der Waals surface area contributed by atoms with E-state index in [-0.39, 0.29) is 0 Å². The molecule has 6 nitrogen and oxygen atoms in total. The Morgan fingerprint density at radius 1 is 0.733 bits per heavy atom. The van der Waals surface area contributed by atoms with Gasteiger partial charge in [0.05, 0.1) is 5.69 Å². The topological polar surface area (TPSA) is 58.0 Å². The van der Waals surface area contributed by atoms with Crippen LogP contribution in [0.25, 0.3) is 11.3 Å². The van der Waals surface area contributed by atoms with Gasteiger partial charge in [0.15, 0.2) is 5.82 Å². The first-order valence-electron chi connectivity index (χ1n) is 11.1. The summed E-state index contributed by atoms with van der Waals surface area (Å²) in [7, 11) is 0. The second-order valence-electron chi connectivity index (χ2n) is 8.23. The molecule has 1 aliphatic heterocycles. The molecule has 1 saturated carbocycles. The minimum absolute atomic E-state index is 0.585. The Bertz CT molecular complexity index is 948. The van der Waals surface area contributed by atoms with Gasteiger partial charge in [-0.15, -0.1) is 10.2 Å². The van der Waals surface area contributed by atoms with E-state index in [0.29, 0.717) is 5.92 Å². The van der Waals surface area contributed by atoms with Crippen molar-refractivity contribution in [1.29, 1.82) is 0 Å².